The van der Waals surface area contributed by atoms with Crippen LogP contribution >= 0.6 is 34.5 Å². The summed E-state index contributed by atoms with van der Waals surface area (Å²) >= 11 is 13.6. The summed E-state index contributed by atoms with van der Waals surface area (Å²) in [5, 5.41) is 6.76. The van der Waals surface area contributed by atoms with Crippen LogP contribution in [0.5, 0.6) is 0 Å². The molecule has 2 amide bonds. The van der Waals surface area contributed by atoms with Crippen molar-refractivity contribution in [2.75, 3.05) is 25.0 Å². The number of hydrogen-bond donors (Lipinski definition) is 1. The Morgan fingerprint density at radius 2 is 2.09 bits per heavy atom. The number of morpholine rings is 1. The molecule has 0 aliphatic carbocycles. The minimum absolute atomic E-state index is 0.121. The van der Waals surface area contributed by atoms with E-state index in [2.05, 4.69) is 5.32 Å². The van der Waals surface area contributed by atoms with E-state index in [0.717, 1.165) is 10.6 Å². The summed E-state index contributed by atoms with van der Waals surface area (Å²) in [5.74, 6) is 0. The van der Waals surface area contributed by atoms with Crippen LogP contribution in [0, 0.1) is 0 Å². The van der Waals surface area contributed by atoms with Crippen molar-refractivity contribution in [3.8, 4) is 0 Å². The Balaban J connectivity index is 1.69. The third-order valence-electron chi connectivity index (χ3n) is 3.36. The molecule has 1 fully saturated rings. The summed E-state index contributed by atoms with van der Waals surface area (Å²) in [6, 6.07) is 8.96. The number of anilines is 1. The Bertz CT molecular complexity index is 643. The lowest BCUT2D eigenvalue weighted by atomic mass is 10.1. The highest BCUT2D eigenvalue weighted by Crippen LogP contribution is 2.28. The molecule has 116 valence electrons. The summed E-state index contributed by atoms with van der Waals surface area (Å²) in [6.45, 7) is 1.50. The van der Waals surface area contributed by atoms with Gasteiger partial charge in [-0.2, -0.15) is 0 Å². The summed E-state index contributed by atoms with van der Waals surface area (Å²) in [7, 11) is 0. The van der Waals surface area contributed by atoms with Crippen LogP contribution < -0.4 is 5.32 Å². The van der Waals surface area contributed by atoms with Crippen molar-refractivity contribution >= 4 is 45.6 Å². The van der Waals surface area contributed by atoms with E-state index in [1.165, 1.54) is 11.3 Å². The van der Waals surface area contributed by atoms with Crippen LogP contribution in [0.1, 0.15) is 11.7 Å². The van der Waals surface area contributed by atoms with Crippen molar-refractivity contribution in [1.29, 1.82) is 0 Å². The van der Waals surface area contributed by atoms with Gasteiger partial charge in [-0.15, -0.1) is 11.3 Å². The summed E-state index contributed by atoms with van der Waals surface area (Å²) in [5.41, 5.74) is 0.881. The average Bonchev–Trinajstić information content (AvgIpc) is 2.99. The monoisotopic (exact) mass is 356 g/mol. The summed E-state index contributed by atoms with van der Waals surface area (Å²) < 4.78 is 5.75. The molecule has 1 atom stereocenters. The van der Waals surface area contributed by atoms with E-state index in [1.807, 2.05) is 29.6 Å². The maximum Gasteiger partial charge on any atom is 0.322 e. The molecule has 2 aromatic rings. The van der Waals surface area contributed by atoms with E-state index in [-0.39, 0.29) is 12.1 Å². The molecule has 0 unspecified atom stereocenters. The van der Waals surface area contributed by atoms with Crippen molar-refractivity contribution in [3.63, 3.8) is 0 Å². The molecule has 7 heteroatoms. The molecule has 1 N–H and O–H groups in total. The minimum Gasteiger partial charge on any atom is -0.370 e. The first-order valence-corrected chi connectivity index (χ1v) is 8.42. The molecular weight excluding hydrogens is 343 g/mol. The maximum atomic E-state index is 12.3. The molecule has 1 saturated heterocycles. The lowest BCUT2D eigenvalue weighted by molar-refractivity contribution is -0.0134. The van der Waals surface area contributed by atoms with Crippen LogP contribution in [-0.2, 0) is 4.74 Å². The predicted molar refractivity (Wildman–Crippen MR) is 90.1 cm³/mol. The average molecular weight is 357 g/mol. The standard InChI is InChI=1S/C15H14Cl2N2O2S/c16-11-6-10(7-12(17)8-11)13-9-19(3-4-21-13)15(20)18-14-2-1-5-22-14/h1-2,5-8,13H,3-4,9H2,(H,18,20)/t13-/m0/s1. The molecule has 0 spiro atoms. The highest BCUT2D eigenvalue weighted by molar-refractivity contribution is 7.14. The Morgan fingerprint density at radius 3 is 2.77 bits per heavy atom. The number of nitrogens with one attached hydrogen (secondary N) is 1. The van der Waals surface area contributed by atoms with Crippen molar-refractivity contribution in [2.24, 2.45) is 0 Å². The van der Waals surface area contributed by atoms with E-state index in [0.29, 0.717) is 29.7 Å². The van der Waals surface area contributed by atoms with Crippen molar-refractivity contribution in [1.82, 2.24) is 4.90 Å². The van der Waals surface area contributed by atoms with E-state index in [9.17, 15) is 4.79 Å². The number of nitrogens with zero attached hydrogens (tertiary/aromatic N) is 1. The number of amides is 2. The van der Waals surface area contributed by atoms with Gasteiger partial charge in [0.2, 0.25) is 0 Å². The lowest BCUT2D eigenvalue weighted by Crippen LogP contribution is -2.44. The largest absolute Gasteiger partial charge is 0.370 e. The van der Waals surface area contributed by atoms with Crippen LogP contribution in [0.15, 0.2) is 35.7 Å². The molecule has 2 heterocycles. The van der Waals surface area contributed by atoms with E-state index in [1.54, 1.807) is 11.0 Å². The topological polar surface area (TPSA) is 41.6 Å². The molecule has 1 aliphatic rings. The number of carbonyl (C=O) groups excluding carboxylic acids is 1. The highest BCUT2D eigenvalue weighted by atomic mass is 35.5. The highest BCUT2D eigenvalue weighted by Gasteiger charge is 2.26. The fraction of sp³-hybridized carbons (Fsp3) is 0.267. The van der Waals surface area contributed by atoms with Crippen LogP contribution in [0.2, 0.25) is 10.0 Å². The molecule has 3 rings (SSSR count). The number of thiophene rings is 1. The summed E-state index contributed by atoms with van der Waals surface area (Å²) in [6.07, 6.45) is -0.223. The number of urea groups is 1. The number of ether oxygens (including phenoxy) is 1. The maximum absolute atomic E-state index is 12.3. The zero-order chi connectivity index (χ0) is 15.5. The Morgan fingerprint density at radius 1 is 1.32 bits per heavy atom. The van der Waals surface area contributed by atoms with Gasteiger partial charge in [-0.3, -0.25) is 5.32 Å². The van der Waals surface area contributed by atoms with Gasteiger partial charge in [-0.05, 0) is 41.3 Å². The normalized spacial score (nSPS) is 18.3. The third-order valence-corrected chi connectivity index (χ3v) is 4.58. The number of rotatable bonds is 2. The molecule has 1 aromatic carbocycles. The predicted octanol–water partition coefficient (Wildman–Crippen LogP) is 4.66. The Labute approximate surface area is 142 Å². The molecular formula is C15H14Cl2N2O2S. The number of carbonyl (C=O) groups is 1. The van der Waals surface area contributed by atoms with Crippen molar-refractivity contribution in [3.05, 3.63) is 51.3 Å². The van der Waals surface area contributed by atoms with Gasteiger partial charge in [-0.25, -0.2) is 4.79 Å². The molecule has 1 aromatic heterocycles. The van der Waals surface area contributed by atoms with Crippen LogP contribution in [0.3, 0.4) is 0 Å². The van der Waals surface area contributed by atoms with Gasteiger partial charge in [0.15, 0.2) is 0 Å². The van der Waals surface area contributed by atoms with E-state index < -0.39 is 0 Å². The quantitative estimate of drug-likeness (QED) is 0.849. The molecule has 22 heavy (non-hydrogen) atoms. The van der Waals surface area contributed by atoms with E-state index >= 15 is 0 Å². The van der Waals surface area contributed by atoms with Gasteiger partial charge >= 0.3 is 6.03 Å². The van der Waals surface area contributed by atoms with E-state index in [4.69, 9.17) is 27.9 Å². The molecule has 0 saturated carbocycles. The van der Waals surface area contributed by atoms with Crippen LogP contribution in [0.4, 0.5) is 9.80 Å². The number of halogens is 2. The number of benzene rings is 1. The SMILES string of the molecule is O=C(Nc1cccs1)N1CCO[C@H](c2cc(Cl)cc(Cl)c2)C1. The van der Waals surface area contributed by atoms with Crippen LogP contribution in [-0.4, -0.2) is 30.6 Å². The first-order chi connectivity index (χ1) is 10.6. The fourth-order valence-electron chi connectivity index (χ4n) is 2.33. The number of hydrogen-bond acceptors (Lipinski definition) is 3. The molecule has 1 aliphatic heterocycles. The van der Waals surface area contributed by atoms with Gasteiger partial charge < -0.3 is 9.64 Å². The van der Waals surface area contributed by atoms with Gasteiger partial charge in [0.05, 0.1) is 18.2 Å². The molecule has 0 radical (unpaired) electrons. The van der Waals surface area contributed by atoms with Crippen molar-refractivity contribution in [2.45, 2.75) is 6.10 Å². The lowest BCUT2D eigenvalue weighted by Gasteiger charge is -2.33. The summed E-state index contributed by atoms with van der Waals surface area (Å²) in [4.78, 5) is 14.0. The van der Waals surface area contributed by atoms with Gasteiger partial charge in [0, 0.05) is 16.6 Å². The first-order valence-electron chi connectivity index (χ1n) is 6.79. The van der Waals surface area contributed by atoms with Gasteiger partial charge in [0.25, 0.3) is 0 Å². The van der Waals surface area contributed by atoms with Gasteiger partial charge in [0.1, 0.15) is 6.10 Å². The Kier molecular flexibility index (Phi) is 4.88. The fourth-order valence-corrected chi connectivity index (χ4v) is 3.48. The zero-order valence-corrected chi connectivity index (χ0v) is 13.9. The first kappa shape index (κ1) is 15.6. The second-order valence-electron chi connectivity index (χ2n) is 4.92. The van der Waals surface area contributed by atoms with Crippen LogP contribution in [0.25, 0.3) is 0 Å². The van der Waals surface area contributed by atoms with Crippen molar-refractivity contribution < 1.29 is 9.53 Å². The van der Waals surface area contributed by atoms with Gasteiger partial charge in [-0.1, -0.05) is 23.2 Å². The molecule has 4 nitrogen and oxygen atoms in total. The third kappa shape index (κ3) is 3.73. The second-order valence-corrected chi connectivity index (χ2v) is 6.74. The Hall–Kier alpha value is -1.27. The molecule has 0 bridgehead atoms. The second kappa shape index (κ2) is 6.87. The zero-order valence-electron chi connectivity index (χ0n) is 11.6. The smallest absolute Gasteiger partial charge is 0.322 e. The minimum atomic E-state index is -0.223.